The Morgan fingerprint density at radius 2 is 1.88 bits per heavy atom. The number of hydrogen-bond acceptors (Lipinski definition) is 3. The monoisotopic (exact) mass is 291 g/mol. The molecular formula is C12H22BrNO2. The fraction of sp³-hybridized carbons (Fsp3) is 0.833. The van der Waals surface area contributed by atoms with Gasteiger partial charge in [0, 0.05) is 6.42 Å². The number of carbonyl (C=O) groups excluding carboxylic acids is 1. The topological polar surface area (TPSA) is 38.7 Å². The molecule has 0 amide bonds. The highest BCUT2D eigenvalue weighted by Crippen LogP contribution is 2.10. The Kier molecular flexibility index (Phi) is 7.64. The third kappa shape index (κ3) is 8.89. The molecule has 0 rings (SSSR count). The fourth-order valence-corrected chi connectivity index (χ4v) is 1.31. The normalized spacial score (nSPS) is 12.7. The van der Waals surface area contributed by atoms with Crippen molar-refractivity contribution in [3.63, 3.8) is 0 Å². The van der Waals surface area contributed by atoms with Crippen LogP contribution in [0.3, 0.4) is 0 Å². The predicted molar refractivity (Wildman–Crippen MR) is 71.0 cm³/mol. The minimum absolute atomic E-state index is 0.0142. The summed E-state index contributed by atoms with van der Waals surface area (Å²) in [6, 6.07) is 0. The quantitative estimate of drug-likeness (QED) is 0.403. The lowest BCUT2D eigenvalue weighted by atomic mass is 10.1. The zero-order valence-electron chi connectivity index (χ0n) is 10.7. The molecule has 0 saturated carbocycles. The summed E-state index contributed by atoms with van der Waals surface area (Å²) in [4.78, 5) is 16.7. The van der Waals surface area contributed by atoms with Gasteiger partial charge in [-0.3, -0.25) is 4.79 Å². The van der Waals surface area contributed by atoms with E-state index in [-0.39, 0.29) is 11.4 Å². The Morgan fingerprint density at radius 1 is 1.25 bits per heavy atom. The van der Waals surface area contributed by atoms with Gasteiger partial charge in [-0.2, -0.15) is 0 Å². The van der Waals surface area contributed by atoms with E-state index in [1.807, 2.05) is 20.8 Å². The largest absolute Gasteiger partial charge is 0.389 e. The van der Waals surface area contributed by atoms with Crippen LogP contribution in [0, 0.1) is 0 Å². The van der Waals surface area contributed by atoms with E-state index in [2.05, 4.69) is 28.0 Å². The van der Waals surface area contributed by atoms with E-state index in [0.717, 1.165) is 12.8 Å². The molecule has 0 saturated heterocycles. The summed E-state index contributed by atoms with van der Waals surface area (Å²) in [5.74, 6) is 0.0142. The van der Waals surface area contributed by atoms with E-state index in [1.54, 1.807) is 0 Å². The molecule has 0 aliphatic rings. The maximum atomic E-state index is 11.6. The average molecular weight is 292 g/mol. The fourth-order valence-electron chi connectivity index (χ4n) is 1.04. The first kappa shape index (κ1) is 15.6. The van der Waals surface area contributed by atoms with E-state index >= 15 is 0 Å². The van der Waals surface area contributed by atoms with Crippen LogP contribution >= 0.6 is 15.9 Å². The number of nitrogens with zero attached hydrogens (tertiary/aromatic N) is 1. The van der Waals surface area contributed by atoms with Crippen LogP contribution in [-0.2, 0) is 9.63 Å². The number of ketones is 1. The highest BCUT2D eigenvalue weighted by atomic mass is 79.9. The van der Waals surface area contributed by atoms with Gasteiger partial charge in [0.15, 0.2) is 10.4 Å². The van der Waals surface area contributed by atoms with Gasteiger partial charge in [-0.25, -0.2) is 0 Å². The van der Waals surface area contributed by atoms with E-state index < -0.39 is 0 Å². The van der Waals surface area contributed by atoms with Crippen LogP contribution in [0.25, 0.3) is 0 Å². The van der Waals surface area contributed by atoms with Gasteiger partial charge in [0.25, 0.3) is 0 Å². The molecule has 94 valence electrons. The van der Waals surface area contributed by atoms with E-state index in [4.69, 9.17) is 4.84 Å². The summed E-state index contributed by atoms with van der Waals surface area (Å²) in [5.41, 5.74) is -0.360. The van der Waals surface area contributed by atoms with Crippen LogP contribution in [0.2, 0.25) is 0 Å². The van der Waals surface area contributed by atoms with Crippen molar-refractivity contribution in [2.45, 2.75) is 65.4 Å². The van der Waals surface area contributed by atoms with Crippen molar-refractivity contribution < 1.29 is 9.63 Å². The molecule has 0 aromatic rings. The third-order valence-corrected chi connectivity index (χ3v) is 2.47. The molecule has 3 nitrogen and oxygen atoms in total. The second-order valence-corrected chi connectivity index (χ2v) is 5.57. The zero-order chi connectivity index (χ0) is 12.6. The molecule has 0 spiro atoms. The maximum Gasteiger partial charge on any atom is 0.191 e. The highest BCUT2D eigenvalue weighted by Gasteiger charge is 2.13. The van der Waals surface area contributed by atoms with Gasteiger partial charge in [-0.05, 0) is 43.1 Å². The molecule has 0 aliphatic heterocycles. The van der Waals surface area contributed by atoms with Crippen LogP contribution in [0.1, 0.15) is 59.8 Å². The lowest BCUT2D eigenvalue weighted by molar-refractivity contribution is -0.113. The highest BCUT2D eigenvalue weighted by molar-refractivity contribution is 9.19. The maximum absolute atomic E-state index is 11.6. The summed E-state index contributed by atoms with van der Waals surface area (Å²) in [6.45, 7) is 7.82. The number of Topliss-reactive ketones (excluding diaryl/α,β-unsaturated/α-hetero) is 1. The number of unbranched alkanes of at least 4 members (excludes halogenated alkanes) is 3. The third-order valence-electron chi connectivity index (χ3n) is 1.89. The number of oxime groups is 1. The van der Waals surface area contributed by atoms with Crippen LogP contribution in [0.4, 0.5) is 0 Å². The summed E-state index contributed by atoms with van der Waals surface area (Å²) in [6.07, 6.45) is 4.92. The number of hydrogen-bond donors (Lipinski definition) is 0. The summed E-state index contributed by atoms with van der Waals surface area (Å²) in [5, 5.41) is 3.78. The van der Waals surface area contributed by atoms with Crippen LogP contribution in [-0.4, -0.2) is 16.0 Å². The lowest BCUT2D eigenvalue weighted by Gasteiger charge is -2.15. The molecular weight excluding hydrogens is 270 g/mol. The molecule has 0 aliphatic carbocycles. The molecule has 0 heterocycles. The average Bonchev–Trinajstić information content (AvgIpc) is 2.19. The van der Waals surface area contributed by atoms with Crippen molar-refractivity contribution in [2.24, 2.45) is 5.16 Å². The standard InChI is InChI=1S/C12H22BrNO2/c1-5-6-7-8-9-10(15)11(13)14-16-12(2,3)4/h5-9H2,1-4H3/b14-11-. The molecule has 0 bridgehead atoms. The molecule has 0 atom stereocenters. The van der Waals surface area contributed by atoms with Gasteiger partial charge < -0.3 is 4.84 Å². The van der Waals surface area contributed by atoms with Crippen molar-refractivity contribution in [3.8, 4) is 0 Å². The lowest BCUT2D eigenvalue weighted by Crippen LogP contribution is -2.17. The second-order valence-electron chi connectivity index (χ2n) is 4.82. The Morgan fingerprint density at radius 3 is 2.38 bits per heavy atom. The van der Waals surface area contributed by atoms with Crippen molar-refractivity contribution >= 4 is 26.3 Å². The minimum atomic E-state index is -0.360. The molecule has 0 N–H and O–H groups in total. The molecule has 4 heteroatoms. The number of rotatable bonds is 7. The Labute approximate surface area is 107 Å². The Hall–Kier alpha value is -0.380. The van der Waals surface area contributed by atoms with Crippen LogP contribution in [0.5, 0.6) is 0 Å². The van der Waals surface area contributed by atoms with Gasteiger partial charge in [0.05, 0.1) is 0 Å². The molecule has 0 fully saturated rings. The first-order valence-corrected chi connectivity index (χ1v) is 6.61. The minimum Gasteiger partial charge on any atom is -0.389 e. The van der Waals surface area contributed by atoms with Gasteiger partial charge in [-0.1, -0.05) is 31.3 Å². The Bertz CT molecular complexity index is 244. The van der Waals surface area contributed by atoms with Crippen LogP contribution < -0.4 is 0 Å². The molecule has 0 radical (unpaired) electrons. The molecule has 0 aromatic carbocycles. The first-order valence-electron chi connectivity index (χ1n) is 5.81. The summed E-state index contributed by atoms with van der Waals surface area (Å²) < 4.78 is 0.291. The summed E-state index contributed by atoms with van der Waals surface area (Å²) >= 11 is 3.14. The van der Waals surface area contributed by atoms with Crippen molar-refractivity contribution in [1.82, 2.24) is 0 Å². The van der Waals surface area contributed by atoms with Gasteiger partial charge in [0.2, 0.25) is 0 Å². The number of carbonyl (C=O) groups is 1. The molecule has 16 heavy (non-hydrogen) atoms. The zero-order valence-corrected chi connectivity index (χ0v) is 12.3. The second kappa shape index (κ2) is 7.82. The van der Waals surface area contributed by atoms with E-state index in [0.29, 0.717) is 11.0 Å². The SMILES string of the molecule is CCCCCCC(=O)/C(Br)=N/OC(C)(C)C. The predicted octanol–water partition coefficient (Wildman–Crippen LogP) is 4.05. The van der Waals surface area contributed by atoms with Crippen molar-refractivity contribution in [1.29, 1.82) is 0 Å². The van der Waals surface area contributed by atoms with Crippen molar-refractivity contribution in [3.05, 3.63) is 0 Å². The van der Waals surface area contributed by atoms with Gasteiger partial charge >= 0.3 is 0 Å². The first-order chi connectivity index (χ1) is 7.37. The van der Waals surface area contributed by atoms with Gasteiger partial charge in [0.1, 0.15) is 5.60 Å². The summed E-state index contributed by atoms with van der Waals surface area (Å²) in [7, 11) is 0. The smallest absolute Gasteiger partial charge is 0.191 e. The molecule has 0 unspecified atom stereocenters. The van der Waals surface area contributed by atoms with E-state index in [1.165, 1.54) is 12.8 Å². The Balaban J connectivity index is 3.89. The van der Waals surface area contributed by atoms with Crippen LogP contribution in [0.15, 0.2) is 5.16 Å². The molecule has 0 aromatic heterocycles. The number of halogens is 1. The van der Waals surface area contributed by atoms with E-state index in [9.17, 15) is 4.79 Å². The van der Waals surface area contributed by atoms with Crippen molar-refractivity contribution in [2.75, 3.05) is 0 Å². The van der Waals surface area contributed by atoms with Gasteiger partial charge in [-0.15, -0.1) is 0 Å².